The number of hydrogen-bond donors (Lipinski definition) is 3. The topological polar surface area (TPSA) is 59.6 Å². The molecule has 3 aliphatic rings. The zero-order valence-electron chi connectivity index (χ0n) is 16.0. The number of carbonyl (C=O) groups excluding carboxylic acids is 1. The molecule has 4 rings (SSSR count). The van der Waals surface area contributed by atoms with Gasteiger partial charge >= 0.3 is 6.18 Å². The van der Waals surface area contributed by atoms with E-state index in [1.807, 2.05) is 4.90 Å². The molecule has 1 aromatic rings. The number of nitrogens with zero attached hydrogens (tertiary/aromatic N) is 2. The number of rotatable bonds is 3. The van der Waals surface area contributed by atoms with Gasteiger partial charge in [0.2, 0.25) is 5.91 Å². The van der Waals surface area contributed by atoms with Crippen molar-refractivity contribution in [1.82, 2.24) is 26.0 Å². The molecule has 0 spiro atoms. The third-order valence-electron chi connectivity index (χ3n) is 5.99. The third kappa shape index (κ3) is 5.03. The van der Waals surface area contributed by atoms with Crippen LogP contribution in [0, 0.1) is 5.92 Å². The van der Waals surface area contributed by atoms with Crippen molar-refractivity contribution in [2.75, 3.05) is 39.3 Å². The summed E-state index contributed by atoms with van der Waals surface area (Å²) in [5.41, 5.74) is 6.44. The fraction of sp³-hybridized carbons (Fsp3) is 0.632. The summed E-state index contributed by atoms with van der Waals surface area (Å²) < 4.78 is 38.6. The molecule has 1 aromatic carbocycles. The van der Waals surface area contributed by atoms with Gasteiger partial charge in [0, 0.05) is 51.2 Å². The van der Waals surface area contributed by atoms with Crippen LogP contribution in [0.1, 0.15) is 17.5 Å². The summed E-state index contributed by atoms with van der Waals surface area (Å²) >= 11 is 0. The van der Waals surface area contributed by atoms with Gasteiger partial charge < -0.3 is 10.2 Å². The molecular formula is C19H27ClF3N5O. The third-order valence-corrected chi connectivity index (χ3v) is 5.99. The number of halogens is 4. The highest BCUT2D eigenvalue weighted by Gasteiger charge is 2.43. The molecule has 3 aliphatic heterocycles. The van der Waals surface area contributed by atoms with Crippen molar-refractivity contribution < 1.29 is 18.0 Å². The number of piperidine rings is 1. The normalized spacial score (nSPS) is 28.0. The summed E-state index contributed by atoms with van der Waals surface area (Å²) in [4.78, 5) is 16.9. The van der Waals surface area contributed by atoms with Gasteiger partial charge in [-0.25, -0.2) is 5.43 Å². The van der Waals surface area contributed by atoms with Crippen molar-refractivity contribution in [3.05, 3.63) is 35.4 Å². The lowest BCUT2D eigenvalue weighted by molar-refractivity contribution is -0.138. The Balaban J connectivity index is 0.00000240. The summed E-state index contributed by atoms with van der Waals surface area (Å²) in [6.07, 6.45) is -3.32. The number of piperazine rings is 1. The first-order valence-electron chi connectivity index (χ1n) is 9.81. The fourth-order valence-corrected chi connectivity index (χ4v) is 4.39. The van der Waals surface area contributed by atoms with Crippen LogP contribution in [-0.2, 0) is 17.5 Å². The lowest BCUT2D eigenvalue weighted by Gasteiger charge is -2.37. The first-order valence-corrected chi connectivity index (χ1v) is 9.81. The summed E-state index contributed by atoms with van der Waals surface area (Å²) in [5.74, 6) is 0.367. The molecule has 1 amide bonds. The molecule has 3 atom stereocenters. The van der Waals surface area contributed by atoms with Crippen LogP contribution < -0.4 is 16.2 Å². The van der Waals surface area contributed by atoms with Gasteiger partial charge in [0.05, 0.1) is 5.56 Å². The number of amides is 1. The number of carbonyl (C=O) groups is 1. The molecule has 3 unspecified atom stereocenters. The lowest BCUT2D eigenvalue weighted by Crippen LogP contribution is -2.55. The minimum atomic E-state index is -4.32. The molecule has 0 saturated carbocycles. The van der Waals surface area contributed by atoms with Crippen molar-refractivity contribution >= 4 is 18.3 Å². The van der Waals surface area contributed by atoms with Crippen molar-refractivity contribution in [2.45, 2.75) is 31.2 Å². The van der Waals surface area contributed by atoms with E-state index in [-0.39, 0.29) is 30.3 Å². The average molecular weight is 434 g/mol. The number of hydrazine groups is 1. The Morgan fingerprint density at radius 2 is 1.90 bits per heavy atom. The van der Waals surface area contributed by atoms with Gasteiger partial charge in [0.15, 0.2) is 0 Å². The van der Waals surface area contributed by atoms with E-state index in [1.165, 1.54) is 12.1 Å². The van der Waals surface area contributed by atoms with Gasteiger partial charge in [-0.2, -0.15) is 13.2 Å². The summed E-state index contributed by atoms with van der Waals surface area (Å²) in [6.45, 7) is 4.77. The monoisotopic (exact) mass is 433 g/mol. The Morgan fingerprint density at radius 3 is 2.62 bits per heavy atom. The maximum atomic E-state index is 12.9. The van der Waals surface area contributed by atoms with Gasteiger partial charge in [0.1, 0.15) is 6.04 Å². The van der Waals surface area contributed by atoms with E-state index in [2.05, 4.69) is 21.1 Å². The van der Waals surface area contributed by atoms with E-state index in [0.717, 1.165) is 25.6 Å². The minimum Gasteiger partial charge on any atom is -0.339 e. The van der Waals surface area contributed by atoms with Crippen LogP contribution in [0.25, 0.3) is 0 Å². The maximum absolute atomic E-state index is 12.9. The smallest absolute Gasteiger partial charge is 0.339 e. The SMILES string of the molecule is Cl.O=C(C1NNC2CCNCC21)N1CCN(Cc2cccc(C(F)(F)F)c2)CC1. The quantitative estimate of drug-likeness (QED) is 0.669. The van der Waals surface area contributed by atoms with E-state index in [0.29, 0.717) is 44.3 Å². The number of fused-ring (bicyclic) bond motifs is 1. The summed E-state index contributed by atoms with van der Waals surface area (Å²) in [5, 5.41) is 3.35. The second-order valence-corrected chi connectivity index (χ2v) is 7.83. The second-order valence-electron chi connectivity index (χ2n) is 7.83. The van der Waals surface area contributed by atoms with Crippen molar-refractivity contribution in [3.8, 4) is 0 Å². The van der Waals surface area contributed by atoms with Gasteiger partial charge in [-0.05, 0) is 24.6 Å². The molecule has 162 valence electrons. The van der Waals surface area contributed by atoms with Crippen LogP contribution in [0.4, 0.5) is 13.2 Å². The van der Waals surface area contributed by atoms with E-state index in [1.54, 1.807) is 6.07 Å². The average Bonchev–Trinajstić information content (AvgIpc) is 3.12. The Labute approximate surface area is 174 Å². The first kappa shape index (κ1) is 22.3. The molecule has 6 nitrogen and oxygen atoms in total. The van der Waals surface area contributed by atoms with E-state index < -0.39 is 11.7 Å². The standard InChI is InChI=1S/C19H26F3N5O.ClH/c20-19(21,22)14-3-1-2-13(10-14)12-26-6-8-27(9-7-26)18(28)17-15-11-23-5-4-16(15)24-25-17;/h1-3,10,15-17,23-25H,4-9,11-12H2;1H. The zero-order valence-corrected chi connectivity index (χ0v) is 16.9. The fourth-order valence-electron chi connectivity index (χ4n) is 4.39. The van der Waals surface area contributed by atoms with Gasteiger partial charge in [0.25, 0.3) is 0 Å². The number of benzene rings is 1. The second kappa shape index (κ2) is 9.18. The molecule has 3 heterocycles. The molecule has 29 heavy (non-hydrogen) atoms. The van der Waals surface area contributed by atoms with Crippen molar-refractivity contribution in [3.63, 3.8) is 0 Å². The van der Waals surface area contributed by atoms with E-state index in [9.17, 15) is 18.0 Å². The van der Waals surface area contributed by atoms with Crippen molar-refractivity contribution in [1.29, 1.82) is 0 Å². The largest absolute Gasteiger partial charge is 0.416 e. The highest BCUT2D eigenvalue weighted by Crippen LogP contribution is 2.30. The highest BCUT2D eigenvalue weighted by molar-refractivity contribution is 5.85. The Hall–Kier alpha value is -1.39. The van der Waals surface area contributed by atoms with Crippen LogP contribution >= 0.6 is 12.4 Å². The predicted molar refractivity (Wildman–Crippen MR) is 105 cm³/mol. The van der Waals surface area contributed by atoms with Crippen LogP contribution in [0.5, 0.6) is 0 Å². The van der Waals surface area contributed by atoms with Gasteiger partial charge in [-0.3, -0.25) is 15.1 Å². The van der Waals surface area contributed by atoms with Gasteiger partial charge in [-0.15, -0.1) is 12.4 Å². The zero-order chi connectivity index (χ0) is 19.7. The number of hydrogen-bond acceptors (Lipinski definition) is 5. The molecular weight excluding hydrogens is 407 g/mol. The molecule has 0 aromatic heterocycles. The van der Waals surface area contributed by atoms with Gasteiger partial charge in [-0.1, -0.05) is 18.2 Å². The summed E-state index contributed by atoms with van der Waals surface area (Å²) in [7, 11) is 0. The molecule has 3 N–H and O–H groups in total. The van der Waals surface area contributed by atoms with E-state index >= 15 is 0 Å². The Kier molecular flexibility index (Phi) is 7.06. The molecule has 10 heteroatoms. The molecule has 0 aliphatic carbocycles. The minimum absolute atomic E-state index is 0. The van der Waals surface area contributed by atoms with Crippen LogP contribution in [0.2, 0.25) is 0 Å². The van der Waals surface area contributed by atoms with E-state index in [4.69, 9.17) is 0 Å². The molecule has 0 radical (unpaired) electrons. The summed E-state index contributed by atoms with van der Waals surface area (Å²) in [6, 6.07) is 5.59. The Bertz CT molecular complexity index is 711. The number of nitrogens with one attached hydrogen (secondary N) is 3. The predicted octanol–water partition coefficient (Wildman–Crippen LogP) is 1.23. The maximum Gasteiger partial charge on any atom is 0.416 e. The van der Waals surface area contributed by atoms with Crippen LogP contribution in [0.15, 0.2) is 24.3 Å². The van der Waals surface area contributed by atoms with Crippen LogP contribution in [-0.4, -0.2) is 67.1 Å². The number of alkyl halides is 3. The first-order chi connectivity index (χ1) is 13.4. The lowest BCUT2D eigenvalue weighted by atomic mass is 9.89. The molecule has 0 bridgehead atoms. The molecule has 3 saturated heterocycles. The highest BCUT2D eigenvalue weighted by atomic mass is 35.5. The molecule has 3 fully saturated rings. The Morgan fingerprint density at radius 1 is 1.14 bits per heavy atom. The van der Waals surface area contributed by atoms with Crippen LogP contribution in [0.3, 0.4) is 0 Å². The van der Waals surface area contributed by atoms with Crippen molar-refractivity contribution in [2.24, 2.45) is 5.92 Å².